The number of para-hydroxylation sites is 1. The average Bonchev–Trinajstić information content (AvgIpc) is 2.74. The molecule has 0 amide bonds. The molecule has 3 rings (SSSR count). The van der Waals surface area contributed by atoms with Gasteiger partial charge in [-0.1, -0.05) is 36.4 Å². The fourth-order valence-electron chi connectivity index (χ4n) is 3.39. The van der Waals surface area contributed by atoms with Crippen LogP contribution in [0.5, 0.6) is 17.2 Å². The predicted octanol–water partition coefficient (Wildman–Crippen LogP) is 7.69. The van der Waals surface area contributed by atoms with Gasteiger partial charge >= 0.3 is 6.18 Å². The first-order valence-electron chi connectivity index (χ1n) is 10.2. The molecule has 1 atom stereocenters. The van der Waals surface area contributed by atoms with Gasteiger partial charge in [0.1, 0.15) is 11.5 Å². The Kier molecular flexibility index (Phi) is 7.55. The lowest BCUT2D eigenvalue weighted by atomic mass is 9.92. The summed E-state index contributed by atoms with van der Waals surface area (Å²) in [5, 5.41) is 0. The molecule has 0 N–H and O–H groups in total. The first kappa shape index (κ1) is 22.7. The Bertz CT molecular complexity index is 954. The zero-order valence-electron chi connectivity index (χ0n) is 17.2. The summed E-state index contributed by atoms with van der Waals surface area (Å²) < 4.78 is 65.9. The van der Waals surface area contributed by atoms with Crippen molar-refractivity contribution in [1.82, 2.24) is 0 Å². The maximum absolute atomic E-state index is 14.1. The highest BCUT2D eigenvalue weighted by molar-refractivity contribution is 5.35. The van der Waals surface area contributed by atoms with E-state index in [0.717, 1.165) is 5.56 Å². The number of alkyl halides is 3. The summed E-state index contributed by atoms with van der Waals surface area (Å²) in [6.07, 6.45) is -3.73. The Hall–Kier alpha value is -3.02. The summed E-state index contributed by atoms with van der Waals surface area (Å²) in [5.74, 6) is -0.989. The van der Waals surface area contributed by atoms with E-state index in [4.69, 9.17) is 9.47 Å². The van der Waals surface area contributed by atoms with Crippen LogP contribution in [-0.4, -0.2) is 12.8 Å². The number of aryl methyl sites for hydroxylation is 1. The van der Waals surface area contributed by atoms with Crippen LogP contribution >= 0.6 is 0 Å². The smallest absolute Gasteiger partial charge is 0.395 e. The Morgan fingerprint density at radius 2 is 1.58 bits per heavy atom. The lowest BCUT2D eigenvalue weighted by Gasteiger charge is -2.21. The van der Waals surface area contributed by atoms with Crippen molar-refractivity contribution < 1.29 is 27.0 Å². The minimum atomic E-state index is -4.35. The van der Waals surface area contributed by atoms with Gasteiger partial charge in [-0.25, -0.2) is 4.39 Å². The van der Waals surface area contributed by atoms with Gasteiger partial charge in [0.05, 0.1) is 12.5 Å². The van der Waals surface area contributed by atoms with Crippen molar-refractivity contribution in [3.63, 3.8) is 0 Å². The van der Waals surface area contributed by atoms with Gasteiger partial charge in [-0.3, -0.25) is 0 Å². The predicted molar refractivity (Wildman–Crippen MR) is 112 cm³/mol. The molecule has 3 aromatic rings. The average molecular weight is 432 g/mol. The van der Waals surface area contributed by atoms with Crippen LogP contribution in [0.15, 0.2) is 72.8 Å². The lowest BCUT2D eigenvalue weighted by Crippen LogP contribution is -2.21. The number of hydrogen-bond donors (Lipinski definition) is 0. The number of halogens is 4. The van der Waals surface area contributed by atoms with E-state index in [-0.39, 0.29) is 17.7 Å². The molecule has 1 unspecified atom stereocenters. The highest BCUT2D eigenvalue weighted by Crippen LogP contribution is 2.39. The Morgan fingerprint density at radius 3 is 2.23 bits per heavy atom. The molecule has 0 fully saturated rings. The highest BCUT2D eigenvalue weighted by atomic mass is 19.4. The normalized spacial score (nSPS) is 12.4. The Morgan fingerprint density at radius 1 is 0.871 bits per heavy atom. The third-order valence-corrected chi connectivity index (χ3v) is 4.91. The number of ether oxygens (including phenoxy) is 2. The first-order valence-corrected chi connectivity index (χ1v) is 10.2. The molecule has 0 aliphatic heterocycles. The van der Waals surface area contributed by atoms with Gasteiger partial charge in [0, 0.05) is 0 Å². The van der Waals surface area contributed by atoms with Crippen LogP contribution in [0.3, 0.4) is 0 Å². The largest absolute Gasteiger partial charge is 0.494 e. The van der Waals surface area contributed by atoms with Crippen molar-refractivity contribution in [2.24, 2.45) is 0 Å². The van der Waals surface area contributed by atoms with Gasteiger partial charge in [0.25, 0.3) is 0 Å². The summed E-state index contributed by atoms with van der Waals surface area (Å²) in [7, 11) is 0. The van der Waals surface area contributed by atoms with Crippen molar-refractivity contribution >= 4 is 0 Å². The van der Waals surface area contributed by atoms with Gasteiger partial charge in [-0.15, -0.1) is 0 Å². The highest BCUT2D eigenvalue weighted by Gasteiger charge is 2.40. The van der Waals surface area contributed by atoms with E-state index in [2.05, 4.69) is 0 Å². The third-order valence-electron chi connectivity index (χ3n) is 4.91. The number of benzene rings is 3. The fraction of sp³-hybridized carbons (Fsp3) is 0.280. The molecule has 3 aromatic carbocycles. The van der Waals surface area contributed by atoms with Crippen LogP contribution < -0.4 is 9.47 Å². The molecule has 0 saturated carbocycles. The molecule has 0 aliphatic rings. The molecule has 0 aromatic heterocycles. The maximum atomic E-state index is 14.1. The zero-order chi connectivity index (χ0) is 22.3. The summed E-state index contributed by atoms with van der Waals surface area (Å²) in [4.78, 5) is 0. The second-order valence-corrected chi connectivity index (χ2v) is 7.17. The maximum Gasteiger partial charge on any atom is 0.395 e. The molecule has 0 heterocycles. The molecular weight excluding hydrogens is 408 g/mol. The molecule has 31 heavy (non-hydrogen) atoms. The zero-order valence-corrected chi connectivity index (χ0v) is 17.2. The van der Waals surface area contributed by atoms with E-state index in [0.29, 0.717) is 30.9 Å². The summed E-state index contributed by atoms with van der Waals surface area (Å²) in [6, 6.07) is 19.2. The molecule has 0 bridgehead atoms. The van der Waals surface area contributed by atoms with Crippen LogP contribution in [-0.2, 0) is 6.42 Å². The minimum absolute atomic E-state index is 0.0579. The van der Waals surface area contributed by atoms with Gasteiger partial charge < -0.3 is 9.47 Å². The van der Waals surface area contributed by atoms with Gasteiger partial charge in [-0.2, -0.15) is 13.2 Å². The van der Waals surface area contributed by atoms with Crippen LogP contribution in [0.2, 0.25) is 0 Å². The SMILES string of the molecule is CCOc1ccc(C(CCCc2ccc(F)c(Oc3ccccc3)c2)C(F)(F)F)cc1. The van der Waals surface area contributed by atoms with E-state index in [1.807, 2.05) is 13.0 Å². The summed E-state index contributed by atoms with van der Waals surface area (Å²) in [6.45, 7) is 2.27. The van der Waals surface area contributed by atoms with Crippen LogP contribution in [0, 0.1) is 5.82 Å². The monoisotopic (exact) mass is 432 g/mol. The molecule has 0 radical (unpaired) electrons. The van der Waals surface area contributed by atoms with E-state index >= 15 is 0 Å². The minimum Gasteiger partial charge on any atom is -0.494 e. The first-order chi connectivity index (χ1) is 14.9. The molecular formula is C25H24F4O2. The van der Waals surface area contributed by atoms with Crippen LogP contribution in [0.25, 0.3) is 0 Å². The Balaban J connectivity index is 1.65. The number of rotatable bonds is 9. The van der Waals surface area contributed by atoms with E-state index < -0.39 is 17.9 Å². The molecule has 2 nitrogen and oxygen atoms in total. The molecule has 0 aliphatic carbocycles. The molecule has 0 saturated heterocycles. The quantitative estimate of drug-likeness (QED) is 0.323. The molecule has 164 valence electrons. The van der Waals surface area contributed by atoms with E-state index in [1.54, 1.807) is 48.5 Å². The van der Waals surface area contributed by atoms with E-state index in [1.165, 1.54) is 18.2 Å². The van der Waals surface area contributed by atoms with Crippen molar-refractivity contribution in [2.45, 2.75) is 38.3 Å². The van der Waals surface area contributed by atoms with Gasteiger partial charge in [-0.05, 0) is 73.7 Å². The fourth-order valence-corrected chi connectivity index (χ4v) is 3.39. The lowest BCUT2D eigenvalue weighted by molar-refractivity contribution is -0.152. The molecule has 0 spiro atoms. The van der Waals surface area contributed by atoms with Crippen molar-refractivity contribution in [3.05, 3.63) is 89.7 Å². The van der Waals surface area contributed by atoms with Crippen molar-refractivity contribution in [2.75, 3.05) is 6.61 Å². The second-order valence-electron chi connectivity index (χ2n) is 7.17. The van der Waals surface area contributed by atoms with Crippen molar-refractivity contribution in [1.29, 1.82) is 0 Å². The van der Waals surface area contributed by atoms with Gasteiger partial charge in [0.15, 0.2) is 11.6 Å². The number of hydrogen-bond acceptors (Lipinski definition) is 2. The Labute approximate surface area is 179 Å². The van der Waals surface area contributed by atoms with Gasteiger partial charge in [0.2, 0.25) is 0 Å². The third kappa shape index (κ3) is 6.48. The topological polar surface area (TPSA) is 18.5 Å². The van der Waals surface area contributed by atoms with Crippen LogP contribution in [0.4, 0.5) is 17.6 Å². The van der Waals surface area contributed by atoms with Crippen molar-refractivity contribution in [3.8, 4) is 17.2 Å². The second kappa shape index (κ2) is 10.3. The van der Waals surface area contributed by atoms with Crippen LogP contribution in [0.1, 0.15) is 36.8 Å². The summed E-state index contributed by atoms with van der Waals surface area (Å²) in [5.41, 5.74) is 0.933. The summed E-state index contributed by atoms with van der Waals surface area (Å²) >= 11 is 0. The van der Waals surface area contributed by atoms with E-state index in [9.17, 15) is 17.6 Å². The standard InChI is InChI=1S/C25H24F4O2/c1-2-30-20-14-12-19(13-15-20)22(25(27,28)29)10-6-7-18-11-16-23(26)24(17-18)31-21-8-4-3-5-9-21/h3-5,8-9,11-17,22H,2,6-7,10H2,1H3. The molecule has 6 heteroatoms.